The van der Waals surface area contributed by atoms with Crippen LogP contribution in [0, 0.1) is 0 Å². The van der Waals surface area contributed by atoms with Crippen molar-refractivity contribution in [3.63, 3.8) is 0 Å². The van der Waals surface area contributed by atoms with E-state index in [1.165, 1.54) is 6.07 Å². The first-order chi connectivity index (χ1) is 9.20. The third-order valence-electron chi connectivity index (χ3n) is 2.10. The number of alkyl halides is 3. The maximum atomic E-state index is 12.8. The Morgan fingerprint density at radius 3 is 2.50 bits per heavy atom. The van der Waals surface area contributed by atoms with Gasteiger partial charge in [0.05, 0.1) is 5.56 Å². The Balaban J connectivity index is 3.13. The van der Waals surface area contributed by atoms with Crippen molar-refractivity contribution >= 4 is 18.0 Å². The highest BCUT2D eigenvalue weighted by atomic mass is 19.4. The number of primary amides is 1. The largest absolute Gasteiger partial charge is 0.483 e. The Morgan fingerprint density at radius 1 is 1.35 bits per heavy atom. The minimum atomic E-state index is -4.71. The molecule has 0 heterocycles. The minimum Gasteiger partial charge on any atom is -0.483 e. The lowest BCUT2D eigenvalue weighted by Crippen LogP contribution is -2.21. The zero-order valence-electron chi connectivity index (χ0n) is 9.98. The van der Waals surface area contributed by atoms with E-state index in [-0.39, 0.29) is 5.56 Å². The van der Waals surface area contributed by atoms with Crippen molar-refractivity contribution in [2.75, 3.05) is 6.61 Å². The van der Waals surface area contributed by atoms with Gasteiger partial charge in [0.1, 0.15) is 5.75 Å². The summed E-state index contributed by atoms with van der Waals surface area (Å²) < 4.78 is 43.1. The highest BCUT2D eigenvalue weighted by Crippen LogP contribution is 2.37. The summed E-state index contributed by atoms with van der Waals surface area (Å²) in [5.74, 6) is -2.75. The fraction of sp³-hybridized carbons (Fsp3) is 0.167. The Morgan fingerprint density at radius 2 is 2.00 bits per heavy atom. The molecule has 0 aliphatic rings. The summed E-state index contributed by atoms with van der Waals surface area (Å²) >= 11 is 0. The topological polar surface area (TPSA) is 89.6 Å². The molecule has 1 aromatic carbocycles. The van der Waals surface area contributed by atoms with E-state index in [4.69, 9.17) is 10.8 Å². The molecule has 5 nitrogen and oxygen atoms in total. The molecule has 0 spiro atoms. The monoisotopic (exact) mass is 289 g/mol. The van der Waals surface area contributed by atoms with Crippen molar-refractivity contribution in [2.45, 2.75) is 6.18 Å². The highest BCUT2D eigenvalue weighted by molar-refractivity contribution is 5.85. The number of ether oxygens (including phenoxy) is 1. The van der Waals surface area contributed by atoms with E-state index in [0.29, 0.717) is 6.08 Å². The molecule has 108 valence electrons. The van der Waals surface area contributed by atoms with E-state index < -0.39 is 36.0 Å². The van der Waals surface area contributed by atoms with Gasteiger partial charge in [-0.15, -0.1) is 0 Å². The molecule has 0 atom stereocenters. The number of carboxylic acid groups (broad SMARTS) is 1. The molecular formula is C12H10F3NO4. The number of halogens is 3. The number of benzene rings is 1. The maximum Gasteiger partial charge on any atom is 0.419 e. The number of nitrogens with two attached hydrogens (primary N) is 1. The van der Waals surface area contributed by atoms with E-state index in [9.17, 15) is 22.8 Å². The van der Waals surface area contributed by atoms with Crippen LogP contribution in [0.2, 0.25) is 0 Å². The summed E-state index contributed by atoms with van der Waals surface area (Å²) in [6.45, 7) is -0.687. The zero-order valence-corrected chi connectivity index (χ0v) is 9.98. The smallest absolute Gasteiger partial charge is 0.419 e. The molecule has 0 saturated heterocycles. The van der Waals surface area contributed by atoms with Crippen LogP contribution in [0.25, 0.3) is 6.08 Å². The summed E-state index contributed by atoms with van der Waals surface area (Å²) in [4.78, 5) is 20.8. The van der Waals surface area contributed by atoms with Crippen LogP contribution in [0.3, 0.4) is 0 Å². The van der Waals surface area contributed by atoms with E-state index >= 15 is 0 Å². The summed E-state index contributed by atoms with van der Waals surface area (Å²) in [6.07, 6.45) is -2.99. The molecule has 0 radical (unpaired) electrons. The fourth-order valence-electron chi connectivity index (χ4n) is 1.32. The summed E-state index contributed by atoms with van der Waals surface area (Å²) in [7, 11) is 0. The van der Waals surface area contributed by atoms with Crippen molar-refractivity contribution in [2.24, 2.45) is 5.73 Å². The Kier molecular flexibility index (Phi) is 4.73. The third kappa shape index (κ3) is 4.63. The number of carboxylic acids is 1. The first-order valence-corrected chi connectivity index (χ1v) is 5.23. The molecule has 0 bridgehead atoms. The second kappa shape index (κ2) is 6.09. The molecule has 0 unspecified atom stereocenters. The van der Waals surface area contributed by atoms with Crippen LogP contribution in [-0.4, -0.2) is 23.6 Å². The molecule has 3 N–H and O–H groups in total. The lowest BCUT2D eigenvalue weighted by Gasteiger charge is -2.13. The van der Waals surface area contributed by atoms with Gasteiger partial charge in [-0.25, -0.2) is 4.79 Å². The minimum absolute atomic E-state index is 0.0335. The quantitative estimate of drug-likeness (QED) is 0.807. The van der Waals surface area contributed by atoms with Crippen LogP contribution >= 0.6 is 0 Å². The molecule has 0 saturated carbocycles. The average Bonchev–Trinajstić information content (AvgIpc) is 2.33. The van der Waals surface area contributed by atoms with Gasteiger partial charge in [-0.3, -0.25) is 4.79 Å². The molecule has 0 aliphatic carbocycles. The number of aliphatic carboxylic acids is 1. The average molecular weight is 289 g/mol. The molecular weight excluding hydrogens is 279 g/mol. The third-order valence-corrected chi connectivity index (χ3v) is 2.10. The number of carbonyl (C=O) groups is 2. The van der Waals surface area contributed by atoms with Crippen molar-refractivity contribution < 1.29 is 32.6 Å². The van der Waals surface area contributed by atoms with Crippen LogP contribution < -0.4 is 10.5 Å². The molecule has 1 aromatic rings. The molecule has 8 heteroatoms. The predicted octanol–water partition coefficient (Wildman–Crippen LogP) is 1.67. The van der Waals surface area contributed by atoms with Crippen LogP contribution in [-0.2, 0) is 15.8 Å². The molecule has 20 heavy (non-hydrogen) atoms. The number of amides is 1. The van der Waals surface area contributed by atoms with Crippen LogP contribution in [0.1, 0.15) is 11.1 Å². The predicted molar refractivity (Wildman–Crippen MR) is 62.8 cm³/mol. The Hall–Kier alpha value is -2.51. The van der Waals surface area contributed by atoms with Crippen LogP contribution in [0.15, 0.2) is 24.3 Å². The van der Waals surface area contributed by atoms with Crippen LogP contribution in [0.5, 0.6) is 5.75 Å². The summed E-state index contributed by atoms with van der Waals surface area (Å²) in [5.41, 5.74) is 3.70. The summed E-state index contributed by atoms with van der Waals surface area (Å²) in [5, 5.41) is 8.42. The summed E-state index contributed by atoms with van der Waals surface area (Å²) in [6, 6.07) is 2.94. The van der Waals surface area contributed by atoms with Gasteiger partial charge in [-0.1, -0.05) is 6.07 Å². The van der Waals surface area contributed by atoms with Gasteiger partial charge < -0.3 is 15.6 Å². The molecule has 1 amide bonds. The molecule has 0 aliphatic heterocycles. The first-order valence-electron chi connectivity index (χ1n) is 5.23. The molecule has 0 fully saturated rings. The standard InChI is InChI=1S/C12H10F3NO4/c13-12(14,15)8-5-7(2-4-11(18)19)1-3-9(8)20-6-10(16)17/h1-5H,6H2,(H2,16,17)(H,18,19). The lowest BCUT2D eigenvalue weighted by atomic mass is 10.1. The van der Waals surface area contributed by atoms with E-state index in [1.807, 2.05) is 0 Å². The first kappa shape index (κ1) is 15.5. The second-order valence-electron chi connectivity index (χ2n) is 3.68. The number of hydrogen-bond donors (Lipinski definition) is 2. The normalized spacial score (nSPS) is 11.6. The second-order valence-corrected chi connectivity index (χ2v) is 3.68. The van der Waals surface area contributed by atoms with Gasteiger partial charge >= 0.3 is 12.1 Å². The van der Waals surface area contributed by atoms with Gasteiger partial charge in [-0.2, -0.15) is 13.2 Å². The zero-order chi connectivity index (χ0) is 15.3. The number of rotatable bonds is 5. The maximum absolute atomic E-state index is 12.8. The lowest BCUT2D eigenvalue weighted by molar-refractivity contribution is -0.139. The number of hydrogen-bond acceptors (Lipinski definition) is 3. The van der Waals surface area contributed by atoms with Gasteiger partial charge in [0, 0.05) is 6.08 Å². The fourth-order valence-corrected chi connectivity index (χ4v) is 1.32. The molecule has 0 aromatic heterocycles. The van der Waals surface area contributed by atoms with Crippen molar-refractivity contribution in [3.8, 4) is 5.75 Å². The van der Waals surface area contributed by atoms with Crippen molar-refractivity contribution in [3.05, 3.63) is 35.4 Å². The van der Waals surface area contributed by atoms with Crippen LogP contribution in [0.4, 0.5) is 13.2 Å². The molecule has 1 rings (SSSR count). The van der Waals surface area contributed by atoms with Gasteiger partial charge in [0.25, 0.3) is 5.91 Å². The Labute approximate surface area is 111 Å². The SMILES string of the molecule is NC(=O)COc1ccc(C=CC(=O)O)cc1C(F)(F)F. The van der Waals surface area contributed by atoms with Crippen molar-refractivity contribution in [1.82, 2.24) is 0 Å². The Bertz CT molecular complexity index is 552. The van der Waals surface area contributed by atoms with E-state index in [2.05, 4.69) is 4.74 Å². The highest BCUT2D eigenvalue weighted by Gasteiger charge is 2.34. The van der Waals surface area contributed by atoms with Crippen molar-refractivity contribution in [1.29, 1.82) is 0 Å². The van der Waals surface area contributed by atoms with Gasteiger partial charge in [0.2, 0.25) is 0 Å². The van der Waals surface area contributed by atoms with Gasteiger partial charge in [-0.05, 0) is 23.8 Å². The number of carbonyl (C=O) groups excluding carboxylic acids is 1. The van der Waals surface area contributed by atoms with Gasteiger partial charge in [0.15, 0.2) is 6.61 Å². The van der Waals surface area contributed by atoms with E-state index in [1.54, 1.807) is 0 Å². The van der Waals surface area contributed by atoms with E-state index in [0.717, 1.165) is 18.2 Å².